The lowest BCUT2D eigenvalue weighted by molar-refractivity contribution is -0.127. The zero-order valence-corrected chi connectivity index (χ0v) is 32.4. The molecule has 10 nitrogen and oxygen atoms in total. The smallest absolute Gasteiger partial charge is 0.246 e. The number of halogens is 2. The normalized spacial score (nSPS) is 25.2. The van der Waals surface area contributed by atoms with Crippen LogP contribution in [0.25, 0.3) is 22.6 Å². The van der Waals surface area contributed by atoms with Gasteiger partial charge in [0.25, 0.3) is 0 Å². The van der Waals surface area contributed by atoms with Gasteiger partial charge >= 0.3 is 0 Å². The van der Waals surface area contributed by atoms with Crippen LogP contribution in [0.1, 0.15) is 29.9 Å². The molecule has 5 aromatic carbocycles. The molecule has 2 aliphatic heterocycles. The molecule has 0 radical (unpaired) electrons. The second-order valence-electron chi connectivity index (χ2n) is 15.2. The van der Waals surface area contributed by atoms with E-state index in [9.17, 15) is 14.7 Å². The van der Waals surface area contributed by atoms with Crippen LogP contribution in [0, 0.1) is 23.7 Å². The minimum absolute atomic E-state index is 0.00594. The van der Waals surface area contributed by atoms with Gasteiger partial charge in [0.05, 0.1) is 46.7 Å². The van der Waals surface area contributed by atoms with Crippen molar-refractivity contribution in [2.75, 3.05) is 16.9 Å². The number of methoxy groups -OCH3 is 1. The van der Waals surface area contributed by atoms with Crippen LogP contribution in [0.15, 0.2) is 131 Å². The number of fused-ring (bicyclic) bond motifs is 5. The molecule has 6 aromatic rings. The Morgan fingerprint density at radius 1 is 0.793 bits per heavy atom. The number of imide groups is 2. The first-order chi connectivity index (χ1) is 28.1. The summed E-state index contributed by atoms with van der Waals surface area (Å²) in [6, 6.07) is 33.4. The highest BCUT2D eigenvalue weighted by Crippen LogP contribution is 2.65. The zero-order chi connectivity index (χ0) is 40.0. The first kappa shape index (κ1) is 36.1. The Labute approximate surface area is 342 Å². The summed E-state index contributed by atoms with van der Waals surface area (Å²) >= 11 is 13.1. The van der Waals surface area contributed by atoms with Crippen LogP contribution < -0.4 is 14.5 Å². The van der Waals surface area contributed by atoms with E-state index in [1.165, 1.54) is 16.9 Å². The summed E-state index contributed by atoms with van der Waals surface area (Å²) in [4.78, 5) is 66.7. The second-order valence-corrected chi connectivity index (χ2v) is 16.0. The number of hydrogen-bond acceptors (Lipinski definition) is 8. The number of ether oxygens (including phenoxy) is 1. The van der Waals surface area contributed by atoms with E-state index in [0.29, 0.717) is 50.1 Å². The molecule has 10 rings (SSSR count). The maximum absolute atomic E-state index is 15.5. The van der Waals surface area contributed by atoms with Gasteiger partial charge in [-0.2, -0.15) is 0 Å². The summed E-state index contributed by atoms with van der Waals surface area (Å²) in [5.41, 5.74) is 3.12. The molecule has 1 saturated carbocycles. The number of oxazole rings is 1. The highest BCUT2D eigenvalue weighted by atomic mass is 35.5. The molecule has 0 bridgehead atoms. The van der Waals surface area contributed by atoms with Crippen molar-refractivity contribution in [2.45, 2.75) is 24.2 Å². The Bertz CT molecular complexity index is 2720. The van der Waals surface area contributed by atoms with E-state index >= 15 is 9.59 Å². The van der Waals surface area contributed by atoms with E-state index in [-0.39, 0.29) is 41.2 Å². The molecule has 3 fully saturated rings. The van der Waals surface area contributed by atoms with Crippen LogP contribution >= 0.6 is 23.2 Å². The fraction of sp³-hybridized carbons (Fsp3) is 0.196. The molecule has 288 valence electrons. The number of anilines is 2. The molecule has 1 N–H and O–H groups in total. The van der Waals surface area contributed by atoms with Gasteiger partial charge in [0.2, 0.25) is 29.5 Å². The number of para-hydroxylation sites is 2. The van der Waals surface area contributed by atoms with E-state index in [1.807, 2.05) is 60.7 Å². The van der Waals surface area contributed by atoms with Gasteiger partial charge in [0, 0.05) is 16.5 Å². The minimum atomic E-state index is -1.52. The molecule has 6 atom stereocenters. The van der Waals surface area contributed by atoms with Crippen molar-refractivity contribution in [3.63, 3.8) is 0 Å². The van der Waals surface area contributed by atoms with Crippen LogP contribution in [0.2, 0.25) is 10.0 Å². The molecule has 6 unspecified atom stereocenters. The molecule has 12 heteroatoms. The fourth-order valence-electron chi connectivity index (χ4n) is 10.0. The Morgan fingerprint density at radius 2 is 1.55 bits per heavy atom. The molecule has 3 heterocycles. The highest BCUT2D eigenvalue weighted by molar-refractivity contribution is 6.33. The number of allylic oxidation sites excluding steroid dienone is 2. The summed E-state index contributed by atoms with van der Waals surface area (Å²) in [6.07, 6.45) is 2.32. The monoisotopic (exact) mass is 809 g/mol. The molecule has 58 heavy (non-hydrogen) atoms. The SMILES string of the molecule is COc1cc(C2C3=CCC4C(=O)N(c5ccc(-c6nc7ccccc7o6)cc5)C(=O)C4C3CC3C(=O)N(c4cccc(Cl)c4)C(=O)C32c2ccccc2)cc(Cl)c1O. The molecular weight excluding hydrogens is 777 g/mol. The molecule has 0 spiro atoms. The largest absolute Gasteiger partial charge is 0.503 e. The first-order valence-electron chi connectivity index (χ1n) is 18.9. The van der Waals surface area contributed by atoms with E-state index in [2.05, 4.69) is 4.98 Å². The van der Waals surface area contributed by atoms with Gasteiger partial charge < -0.3 is 14.3 Å². The predicted molar refractivity (Wildman–Crippen MR) is 218 cm³/mol. The van der Waals surface area contributed by atoms with Crippen molar-refractivity contribution in [3.05, 3.63) is 148 Å². The van der Waals surface area contributed by atoms with Gasteiger partial charge in [-0.1, -0.05) is 83.4 Å². The van der Waals surface area contributed by atoms with Crippen LogP contribution in [-0.2, 0) is 24.6 Å². The third kappa shape index (κ3) is 5.14. The lowest BCUT2D eigenvalue weighted by Gasteiger charge is -2.50. The van der Waals surface area contributed by atoms with Crippen molar-refractivity contribution in [1.29, 1.82) is 0 Å². The fourth-order valence-corrected chi connectivity index (χ4v) is 10.4. The van der Waals surface area contributed by atoms with Crippen molar-refractivity contribution < 1.29 is 33.4 Å². The van der Waals surface area contributed by atoms with Gasteiger partial charge in [-0.3, -0.25) is 24.1 Å². The number of carbonyl (C=O) groups is 4. The highest BCUT2D eigenvalue weighted by Gasteiger charge is 2.70. The topological polar surface area (TPSA) is 130 Å². The molecule has 2 aliphatic carbocycles. The van der Waals surface area contributed by atoms with Gasteiger partial charge in [-0.05, 0) is 96.6 Å². The first-order valence-corrected chi connectivity index (χ1v) is 19.7. The number of carbonyl (C=O) groups excluding carboxylic acids is 4. The van der Waals surface area contributed by atoms with E-state index < -0.39 is 46.8 Å². The summed E-state index contributed by atoms with van der Waals surface area (Å²) in [5, 5.41) is 11.2. The predicted octanol–water partition coefficient (Wildman–Crippen LogP) is 8.88. The number of phenols is 1. The van der Waals surface area contributed by atoms with Gasteiger partial charge in [-0.15, -0.1) is 0 Å². The van der Waals surface area contributed by atoms with Gasteiger partial charge in [0.1, 0.15) is 5.52 Å². The molecule has 4 amide bonds. The number of aromatic hydroxyl groups is 1. The number of hydrogen-bond donors (Lipinski definition) is 1. The number of benzene rings is 5. The average molecular weight is 811 g/mol. The number of amides is 4. The zero-order valence-electron chi connectivity index (χ0n) is 30.8. The lowest BCUT2D eigenvalue weighted by atomic mass is 9.49. The third-order valence-electron chi connectivity index (χ3n) is 12.4. The Morgan fingerprint density at radius 3 is 2.29 bits per heavy atom. The molecule has 2 saturated heterocycles. The average Bonchev–Trinajstić information content (AvgIpc) is 3.86. The Kier molecular flexibility index (Phi) is 8.37. The maximum Gasteiger partial charge on any atom is 0.246 e. The van der Waals surface area contributed by atoms with Gasteiger partial charge in [-0.25, -0.2) is 9.88 Å². The maximum atomic E-state index is 15.5. The lowest BCUT2D eigenvalue weighted by Crippen LogP contribution is -2.53. The number of aromatic nitrogens is 1. The van der Waals surface area contributed by atoms with Crippen LogP contribution in [0.3, 0.4) is 0 Å². The summed E-state index contributed by atoms with van der Waals surface area (Å²) < 4.78 is 11.5. The Hall–Kier alpha value is -6.23. The molecule has 1 aromatic heterocycles. The summed E-state index contributed by atoms with van der Waals surface area (Å²) in [5.74, 6) is -5.35. The van der Waals surface area contributed by atoms with E-state index in [0.717, 1.165) is 5.57 Å². The minimum Gasteiger partial charge on any atom is -0.503 e. The van der Waals surface area contributed by atoms with Crippen LogP contribution in [0.5, 0.6) is 11.5 Å². The summed E-state index contributed by atoms with van der Waals surface area (Å²) in [6.45, 7) is 0. The van der Waals surface area contributed by atoms with E-state index in [4.69, 9.17) is 32.4 Å². The molecular formula is C46H33Cl2N3O7. The Balaban J connectivity index is 1.11. The number of rotatable bonds is 6. The molecule has 4 aliphatic rings. The third-order valence-corrected chi connectivity index (χ3v) is 13.0. The van der Waals surface area contributed by atoms with Crippen LogP contribution in [-0.4, -0.2) is 40.8 Å². The second kappa shape index (κ2) is 13.4. The van der Waals surface area contributed by atoms with Gasteiger partial charge in [0.15, 0.2) is 17.1 Å². The quantitative estimate of drug-likeness (QED) is 0.131. The van der Waals surface area contributed by atoms with Crippen molar-refractivity contribution in [2.24, 2.45) is 23.7 Å². The number of phenolic OH excluding ortho intramolecular Hbond substituents is 1. The number of nitrogens with zero attached hydrogens (tertiary/aromatic N) is 3. The van der Waals surface area contributed by atoms with Crippen molar-refractivity contribution in [1.82, 2.24) is 4.98 Å². The van der Waals surface area contributed by atoms with E-state index in [1.54, 1.807) is 60.7 Å². The standard InChI is InChI=1S/C46H33Cl2N3O7/c1-57-37-21-25(20-34(48)40(37)52)39-30-18-19-31-38(44(55)50(42(31)53)28-16-14-24(15-17-28)41-49-35-12-5-6-13-36(35)58-41)32(30)23-33-43(54)51(29-11-7-10-27(47)22-29)45(56)46(33,39)26-8-3-2-4-9-26/h2-18,20-22,31-33,38-39,52H,19,23H2,1H3. The van der Waals surface area contributed by atoms with Crippen LogP contribution in [0.4, 0.5) is 11.4 Å². The van der Waals surface area contributed by atoms with Crippen molar-refractivity contribution >= 4 is 69.3 Å². The van der Waals surface area contributed by atoms with Crippen molar-refractivity contribution in [3.8, 4) is 23.0 Å². The summed E-state index contributed by atoms with van der Waals surface area (Å²) in [7, 11) is 1.40.